The molecule has 0 aliphatic carbocycles. The Bertz CT molecular complexity index is 588. The summed E-state index contributed by atoms with van der Waals surface area (Å²) >= 11 is 5.74. The van der Waals surface area contributed by atoms with Crippen molar-refractivity contribution < 1.29 is 9.13 Å². The number of hydrogen-bond acceptors (Lipinski definition) is 2. The van der Waals surface area contributed by atoms with E-state index in [0.29, 0.717) is 0 Å². The molecular weight excluding hydrogens is 277 g/mol. The maximum Gasteiger partial charge on any atom is 0.142 e. The summed E-state index contributed by atoms with van der Waals surface area (Å²) in [4.78, 5) is 0. The van der Waals surface area contributed by atoms with Crippen LogP contribution in [-0.4, -0.2) is 13.7 Å². The minimum absolute atomic E-state index is 0.0955. The minimum atomic E-state index is -0.407. The van der Waals surface area contributed by atoms with Crippen LogP contribution in [0.4, 0.5) is 4.39 Å². The second-order valence-corrected chi connectivity index (χ2v) is 4.85. The first-order chi connectivity index (χ1) is 9.65. The molecule has 1 atom stereocenters. The molecule has 0 aliphatic heterocycles. The Morgan fingerprint density at radius 3 is 2.60 bits per heavy atom. The largest absolute Gasteiger partial charge is 0.497 e. The van der Waals surface area contributed by atoms with Gasteiger partial charge >= 0.3 is 0 Å². The minimum Gasteiger partial charge on any atom is -0.497 e. The Morgan fingerprint density at radius 1 is 1.20 bits per heavy atom. The summed E-state index contributed by atoms with van der Waals surface area (Å²) in [5.74, 6) is 0.370. The summed E-state index contributed by atoms with van der Waals surface area (Å²) in [6.07, 6.45) is 0. The molecule has 0 heterocycles. The van der Waals surface area contributed by atoms with Crippen LogP contribution in [0.5, 0.6) is 5.75 Å². The highest BCUT2D eigenvalue weighted by Gasteiger charge is 2.15. The van der Waals surface area contributed by atoms with E-state index in [4.69, 9.17) is 16.3 Å². The molecule has 0 amide bonds. The fraction of sp³-hybridized carbons (Fsp3) is 0.250. The first kappa shape index (κ1) is 14.8. The SMILES string of the molecule is CCNC(c1cccc(OC)c1)c1ccc(Cl)c(F)c1. The molecule has 0 spiro atoms. The monoisotopic (exact) mass is 293 g/mol. The molecule has 1 unspecified atom stereocenters. The van der Waals surface area contributed by atoms with Crippen LogP contribution in [0.3, 0.4) is 0 Å². The molecule has 2 nitrogen and oxygen atoms in total. The van der Waals surface area contributed by atoms with Crippen LogP contribution in [0.1, 0.15) is 24.1 Å². The lowest BCUT2D eigenvalue weighted by Crippen LogP contribution is -2.22. The molecule has 20 heavy (non-hydrogen) atoms. The van der Waals surface area contributed by atoms with Crippen molar-refractivity contribution in [2.45, 2.75) is 13.0 Å². The third kappa shape index (κ3) is 3.30. The second kappa shape index (κ2) is 6.73. The molecule has 0 aliphatic rings. The van der Waals surface area contributed by atoms with Crippen LogP contribution < -0.4 is 10.1 Å². The molecule has 2 aromatic rings. The number of benzene rings is 2. The highest BCUT2D eigenvalue weighted by Crippen LogP contribution is 2.27. The van der Waals surface area contributed by atoms with Crippen LogP contribution in [0, 0.1) is 5.82 Å². The van der Waals surface area contributed by atoms with Crippen LogP contribution in [-0.2, 0) is 0 Å². The van der Waals surface area contributed by atoms with Crippen molar-refractivity contribution in [3.63, 3.8) is 0 Å². The topological polar surface area (TPSA) is 21.3 Å². The molecule has 2 rings (SSSR count). The first-order valence-corrected chi connectivity index (χ1v) is 6.85. The smallest absolute Gasteiger partial charge is 0.142 e. The maximum absolute atomic E-state index is 13.7. The number of rotatable bonds is 5. The number of methoxy groups -OCH3 is 1. The van der Waals surface area contributed by atoms with Crippen molar-refractivity contribution in [1.29, 1.82) is 0 Å². The number of ether oxygens (including phenoxy) is 1. The molecule has 2 aromatic carbocycles. The molecule has 106 valence electrons. The van der Waals surface area contributed by atoms with E-state index in [-0.39, 0.29) is 11.1 Å². The molecule has 4 heteroatoms. The fourth-order valence-corrected chi connectivity index (χ4v) is 2.26. The number of halogens is 2. The van der Waals surface area contributed by atoms with Gasteiger partial charge in [0.05, 0.1) is 18.2 Å². The first-order valence-electron chi connectivity index (χ1n) is 6.48. The Hall–Kier alpha value is -1.58. The van der Waals surface area contributed by atoms with Gasteiger partial charge in [0.2, 0.25) is 0 Å². The third-order valence-corrected chi connectivity index (χ3v) is 3.42. The van der Waals surface area contributed by atoms with Crippen molar-refractivity contribution >= 4 is 11.6 Å². The van der Waals surface area contributed by atoms with Crippen LogP contribution in [0.15, 0.2) is 42.5 Å². The van der Waals surface area contributed by atoms with E-state index in [0.717, 1.165) is 23.4 Å². The average molecular weight is 294 g/mol. The van der Waals surface area contributed by atoms with Gasteiger partial charge in [-0.05, 0) is 41.9 Å². The van der Waals surface area contributed by atoms with Gasteiger partial charge in [0.25, 0.3) is 0 Å². The second-order valence-electron chi connectivity index (χ2n) is 4.44. The van der Waals surface area contributed by atoms with Crippen molar-refractivity contribution in [3.8, 4) is 5.75 Å². The predicted octanol–water partition coefficient (Wildman–Crippen LogP) is 4.19. The van der Waals surface area contributed by atoms with Crippen LogP contribution in [0.2, 0.25) is 5.02 Å². The normalized spacial score (nSPS) is 12.2. The van der Waals surface area contributed by atoms with E-state index in [9.17, 15) is 4.39 Å². The Kier molecular flexibility index (Phi) is 4.99. The molecule has 1 N–H and O–H groups in total. The van der Waals surface area contributed by atoms with Crippen molar-refractivity contribution in [1.82, 2.24) is 5.32 Å². The Morgan fingerprint density at radius 2 is 1.95 bits per heavy atom. The standard InChI is InChI=1S/C16H17ClFNO/c1-3-19-16(11-5-4-6-13(9-11)20-2)12-7-8-14(17)15(18)10-12/h4-10,16,19H,3H2,1-2H3. The lowest BCUT2D eigenvalue weighted by Gasteiger charge is -2.20. The van der Waals surface area contributed by atoms with Gasteiger partial charge < -0.3 is 10.1 Å². The van der Waals surface area contributed by atoms with E-state index in [1.54, 1.807) is 13.2 Å². The van der Waals surface area contributed by atoms with Gasteiger partial charge in [-0.15, -0.1) is 0 Å². The molecule has 0 aromatic heterocycles. The predicted molar refractivity (Wildman–Crippen MR) is 79.9 cm³/mol. The summed E-state index contributed by atoms with van der Waals surface area (Å²) in [5, 5.41) is 3.48. The van der Waals surface area contributed by atoms with Crippen LogP contribution in [0.25, 0.3) is 0 Å². The van der Waals surface area contributed by atoms with Crippen LogP contribution >= 0.6 is 11.6 Å². The molecule has 0 saturated carbocycles. The van der Waals surface area contributed by atoms with Gasteiger partial charge in [-0.3, -0.25) is 0 Å². The summed E-state index contributed by atoms with van der Waals surface area (Å²) in [7, 11) is 1.63. The summed E-state index contributed by atoms with van der Waals surface area (Å²) in [5.41, 5.74) is 1.86. The summed E-state index contributed by atoms with van der Waals surface area (Å²) < 4.78 is 18.9. The van der Waals surface area contributed by atoms with Gasteiger partial charge in [-0.1, -0.05) is 36.7 Å². The van der Waals surface area contributed by atoms with Crippen molar-refractivity contribution in [2.24, 2.45) is 0 Å². The van der Waals surface area contributed by atoms with E-state index in [1.165, 1.54) is 6.07 Å². The molecular formula is C16H17ClFNO. The molecule has 0 bridgehead atoms. The van der Waals surface area contributed by atoms with Gasteiger partial charge in [0.1, 0.15) is 11.6 Å². The quantitative estimate of drug-likeness (QED) is 0.892. The molecule has 0 fully saturated rings. The van der Waals surface area contributed by atoms with Crippen molar-refractivity contribution in [3.05, 3.63) is 64.4 Å². The van der Waals surface area contributed by atoms with Gasteiger partial charge in [-0.2, -0.15) is 0 Å². The average Bonchev–Trinajstić information content (AvgIpc) is 2.48. The molecule has 0 radical (unpaired) electrons. The van der Waals surface area contributed by atoms with Gasteiger partial charge in [0, 0.05) is 0 Å². The highest BCUT2D eigenvalue weighted by atomic mass is 35.5. The third-order valence-electron chi connectivity index (χ3n) is 3.11. The van der Waals surface area contributed by atoms with E-state index < -0.39 is 5.82 Å². The van der Waals surface area contributed by atoms with E-state index in [1.807, 2.05) is 37.3 Å². The van der Waals surface area contributed by atoms with Gasteiger partial charge in [-0.25, -0.2) is 4.39 Å². The fourth-order valence-electron chi connectivity index (χ4n) is 2.15. The zero-order valence-corrected chi connectivity index (χ0v) is 12.2. The lowest BCUT2D eigenvalue weighted by atomic mass is 9.98. The zero-order valence-electron chi connectivity index (χ0n) is 11.5. The van der Waals surface area contributed by atoms with E-state index >= 15 is 0 Å². The maximum atomic E-state index is 13.7. The lowest BCUT2D eigenvalue weighted by molar-refractivity contribution is 0.413. The van der Waals surface area contributed by atoms with Crippen molar-refractivity contribution in [2.75, 3.05) is 13.7 Å². The Labute approximate surface area is 123 Å². The van der Waals surface area contributed by atoms with E-state index in [2.05, 4.69) is 5.32 Å². The van der Waals surface area contributed by atoms with Gasteiger partial charge in [0.15, 0.2) is 0 Å². The number of hydrogen-bond donors (Lipinski definition) is 1. The Balaban J connectivity index is 2.41. The number of nitrogens with one attached hydrogen (secondary N) is 1. The summed E-state index contributed by atoms with van der Waals surface area (Å²) in [6, 6.07) is 12.5. The molecule has 0 saturated heterocycles. The summed E-state index contributed by atoms with van der Waals surface area (Å²) in [6.45, 7) is 2.78. The highest BCUT2D eigenvalue weighted by molar-refractivity contribution is 6.30. The zero-order chi connectivity index (χ0) is 14.5.